The lowest BCUT2D eigenvalue weighted by Crippen LogP contribution is -2.38. The maximum atomic E-state index is 11.9. The van der Waals surface area contributed by atoms with E-state index in [0.717, 1.165) is 31.0 Å². The molecule has 2 rings (SSSR count). The average molecular weight is 470 g/mol. The van der Waals surface area contributed by atoms with Gasteiger partial charge in [0, 0.05) is 25.2 Å². The van der Waals surface area contributed by atoms with Crippen LogP contribution in [0.15, 0.2) is 52.1 Å². The van der Waals surface area contributed by atoms with E-state index in [2.05, 4.69) is 33.1 Å². The summed E-state index contributed by atoms with van der Waals surface area (Å²) in [7, 11) is 0. The lowest BCUT2D eigenvalue weighted by Gasteiger charge is -2.11. The van der Waals surface area contributed by atoms with E-state index in [1.54, 1.807) is 6.07 Å². The van der Waals surface area contributed by atoms with Crippen molar-refractivity contribution in [2.75, 3.05) is 19.6 Å². The summed E-state index contributed by atoms with van der Waals surface area (Å²) in [6, 6.07) is 11.9. The summed E-state index contributed by atoms with van der Waals surface area (Å²) in [5.41, 5.74) is 2.01. The van der Waals surface area contributed by atoms with E-state index >= 15 is 0 Å². The Morgan fingerprint density at radius 2 is 1.81 bits per heavy atom. The van der Waals surface area contributed by atoms with Gasteiger partial charge < -0.3 is 20.4 Å². The third-order valence-corrected chi connectivity index (χ3v) is 3.61. The molecule has 1 heterocycles. The molecule has 1 aromatic carbocycles. The molecule has 3 N–H and O–H groups in total. The molecule has 2 aromatic rings. The molecule has 0 saturated carbocycles. The lowest BCUT2D eigenvalue weighted by atomic mass is 10.2. The fourth-order valence-corrected chi connectivity index (χ4v) is 2.28. The van der Waals surface area contributed by atoms with Crippen molar-refractivity contribution in [3.63, 3.8) is 0 Å². The van der Waals surface area contributed by atoms with Crippen molar-refractivity contribution in [2.45, 2.75) is 26.8 Å². The number of rotatable bonds is 8. The summed E-state index contributed by atoms with van der Waals surface area (Å²) in [4.78, 5) is 16.5. The normalized spacial score (nSPS) is 10.8. The second-order valence-electron chi connectivity index (χ2n) is 5.65. The molecule has 0 spiro atoms. The third kappa shape index (κ3) is 7.47. The minimum Gasteiger partial charge on any atom is -0.459 e. The standard InChI is InChI=1S/C19H26N4O2.HI/c1-3-20-19(23-14-16-8-5-4-6-9-16)22-12-7-11-21-18(24)17-15(2)10-13-25-17;/h4-6,8-10,13H,3,7,11-12,14H2,1-2H3,(H,21,24)(H2,20,22,23);1H. The first-order chi connectivity index (χ1) is 12.2. The molecule has 0 unspecified atom stereocenters. The first-order valence-corrected chi connectivity index (χ1v) is 8.59. The van der Waals surface area contributed by atoms with E-state index in [4.69, 9.17) is 4.42 Å². The smallest absolute Gasteiger partial charge is 0.287 e. The van der Waals surface area contributed by atoms with Crippen molar-refractivity contribution >= 4 is 35.8 Å². The molecule has 6 nitrogen and oxygen atoms in total. The number of aliphatic imine (C=N–C) groups is 1. The highest BCUT2D eigenvalue weighted by Gasteiger charge is 2.11. The van der Waals surface area contributed by atoms with Gasteiger partial charge in [-0.25, -0.2) is 4.99 Å². The van der Waals surface area contributed by atoms with Crippen molar-refractivity contribution in [3.05, 3.63) is 59.5 Å². The number of carbonyl (C=O) groups is 1. The molecular weight excluding hydrogens is 443 g/mol. The van der Waals surface area contributed by atoms with Crippen LogP contribution in [-0.2, 0) is 6.54 Å². The van der Waals surface area contributed by atoms with E-state index in [1.165, 1.54) is 11.8 Å². The summed E-state index contributed by atoms with van der Waals surface area (Å²) in [6.07, 6.45) is 2.32. The first-order valence-electron chi connectivity index (χ1n) is 8.59. The summed E-state index contributed by atoms with van der Waals surface area (Å²) < 4.78 is 5.17. The summed E-state index contributed by atoms with van der Waals surface area (Å²) in [5.74, 6) is 0.984. The molecule has 0 aliphatic carbocycles. The zero-order chi connectivity index (χ0) is 17.9. The van der Waals surface area contributed by atoms with Crippen LogP contribution in [-0.4, -0.2) is 31.5 Å². The number of benzene rings is 1. The van der Waals surface area contributed by atoms with Gasteiger partial charge in [0.25, 0.3) is 5.91 Å². The molecule has 1 aromatic heterocycles. The number of amides is 1. The minimum absolute atomic E-state index is 0. The Morgan fingerprint density at radius 1 is 1.08 bits per heavy atom. The summed E-state index contributed by atoms with van der Waals surface area (Å²) >= 11 is 0. The quantitative estimate of drug-likeness (QED) is 0.240. The van der Waals surface area contributed by atoms with Gasteiger partial charge in [0.05, 0.1) is 12.8 Å². The van der Waals surface area contributed by atoms with Gasteiger partial charge in [0.15, 0.2) is 11.7 Å². The number of carbonyl (C=O) groups excluding carboxylic acids is 1. The molecule has 142 valence electrons. The number of hydrogen-bond acceptors (Lipinski definition) is 3. The number of nitrogens with one attached hydrogen (secondary N) is 3. The van der Waals surface area contributed by atoms with Crippen LogP contribution in [0, 0.1) is 6.92 Å². The molecule has 0 aliphatic rings. The number of furan rings is 1. The fraction of sp³-hybridized carbons (Fsp3) is 0.368. The first kappa shape index (κ1) is 22.0. The maximum absolute atomic E-state index is 11.9. The van der Waals surface area contributed by atoms with Crippen molar-refractivity contribution in [3.8, 4) is 0 Å². The van der Waals surface area contributed by atoms with Gasteiger partial charge in [-0.3, -0.25) is 4.79 Å². The monoisotopic (exact) mass is 470 g/mol. The fourth-order valence-electron chi connectivity index (χ4n) is 2.28. The number of nitrogens with zero attached hydrogens (tertiary/aromatic N) is 1. The van der Waals surface area contributed by atoms with Gasteiger partial charge in [0.2, 0.25) is 0 Å². The van der Waals surface area contributed by atoms with Crippen molar-refractivity contribution in [1.29, 1.82) is 0 Å². The largest absolute Gasteiger partial charge is 0.459 e. The van der Waals surface area contributed by atoms with E-state index in [9.17, 15) is 4.79 Å². The number of hydrogen-bond donors (Lipinski definition) is 3. The Kier molecular flexibility index (Phi) is 10.5. The van der Waals surface area contributed by atoms with E-state index < -0.39 is 0 Å². The highest BCUT2D eigenvalue weighted by atomic mass is 127. The van der Waals surface area contributed by atoms with Gasteiger partial charge >= 0.3 is 0 Å². The lowest BCUT2D eigenvalue weighted by molar-refractivity contribution is 0.0925. The van der Waals surface area contributed by atoms with Gasteiger partial charge in [-0.1, -0.05) is 30.3 Å². The minimum atomic E-state index is -0.174. The Bertz CT molecular complexity index is 686. The Balaban J connectivity index is 0.00000338. The van der Waals surface area contributed by atoms with Crippen LogP contribution < -0.4 is 16.0 Å². The molecule has 1 amide bonds. The third-order valence-electron chi connectivity index (χ3n) is 3.61. The molecule has 26 heavy (non-hydrogen) atoms. The summed E-state index contributed by atoms with van der Waals surface area (Å²) in [6.45, 7) is 6.61. The molecule has 0 bridgehead atoms. The van der Waals surface area contributed by atoms with Crippen molar-refractivity contribution in [2.24, 2.45) is 4.99 Å². The predicted octanol–water partition coefficient (Wildman–Crippen LogP) is 3.08. The highest BCUT2D eigenvalue weighted by molar-refractivity contribution is 14.0. The van der Waals surface area contributed by atoms with Crippen LogP contribution in [0.5, 0.6) is 0 Å². The van der Waals surface area contributed by atoms with Crippen molar-refractivity contribution < 1.29 is 9.21 Å². The molecule has 0 aliphatic heterocycles. The molecule has 7 heteroatoms. The topological polar surface area (TPSA) is 78.7 Å². The predicted molar refractivity (Wildman–Crippen MR) is 115 cm³/mol. The summed E-state index contributed by atoms with van der Waals surface area (Å²) in [5, 5.41) is 9.35. The molecule has 0 radical (unpaired) electrons. The average Bonchev–Trinajstić information content (AvgIpc) is 3.06. The Hall–Kier alpha value is -2.03. The van der Waals surface area contributed by atoms with E-state index in [1.807, 2.05) is 32.0 Å². The maximum Gasteiger partial charge on any atom is 0.287 e. The van der Waals surface area contributed by atoms with Gasteiger partial charge in [-0.2, -0.15) is 0 Å². The molecular formula is C19H27IN4O2. The highest BCUT2D eigenvalue weighted by Crippen LogP contribution is 2.07. The van der Waals surface area contributed by atoms with Crippen molar-refractivity contribution in [1.82, 2.24) is 16.0 Å². The van der Waals surface area contributed by atoms with E-state index in [0.29, 0.717) is 18.8 Å². The second kappa shape index (κ2) is 12.3. The SMILES string of the molecule is CCNC(=NCc1ccccc1)NCCCNC(=O)c1occc1C.I. The second-order valence-corrected chi connectivity index (χ2v) is 5.65. The van der Waals surface area contributed by atoms with Crippen LogP contribution >= 0.6 is 24.0 Å². The van der Waals surface area contributed by atoms with Gasteiger partial charge in [-0.05, 0) is 31.9 Å². The zero-order valence-electron chi connectivity index (χ0n) is 15.2. The van der Waals surface area contributed by atoms with Gasteiger partial charge in [0.1, 0.15) is 0 Å². The van der Waals surface area contributed by atoms with Crippen LogP contribution in [0.2, 0.25) is 0 Å². The number of halogens is 1. The van der Waals surface area contributed by atoms with Crippen LogP contribution in [0.4, 0.5) is 0 Å². The Labute approximate surface area is 171 Å². The molecule has 0 saturated heterocycles. The van der Waals surface area contributed by atoms with E-state index in [-0.39, 0.29) is 29.9 Å². The van der Waals surface area contributed by atoms with Crippen LogP contribution in [0.1, 0.15) is 35.0 Å². The van der Waals surface area contributed by atoms with Gasteiger partial charge in [-0.15, -0.1) is 24.0 Å². The Morgan fingerprint density at radius 3 is 2.46 bits per heavy atom. The number of guanidine groups is 1. The van der Waals surface area contributed by atoms with Crippen LogP contribution in [0.25, 0.3) is 0 Å². The number of aryl methyl sites for hydroxylation is 1. The molecule has 0 atom stereocenters. The van der Waals surface area contributed by atoms with Crippen LogP contribution in [0.3, 0.4) is 0 Å². The molecule has 0 fully saturated rings. The zero-order valence-corrected chi connectivity index (χ0v) is 17.6.